The van der Waals surface area contributed by atoms with Gasteiger partial charge in [-0.1, -0.05) is 63.4 Å². The Hall–Kier alpha value is -0.770. The highest BCUT2D eigenvalue weighted by atomic mass is 35.5. The SMILES string of the molecule is CCCC(NNC(=O)c1c(Cl)cccc1Cl)C(C)(C)C. The lowest BCUT2D eigenvalue weighted by Crippen LogP contribution is -2.50. The maximum Gasteiger partial charge on any atom is 0.268 e. The summed E-state index contributed by atoms with van der Waals surface area (Å²) in [6.45, 7) is 8.52. The van der Waals surface area contributed by atoms with Crippen molar-refractivity contribution in [3.63, 3.8) is 0 Å². The third-order valence-electron chi connectivity index (χ3n) is 3.17. The second-order valence-corrected chi connectivity index (χ2v) is 6.72. The third kappa shape index (κ3) is 4.65. The molecule has 5 heteroatoms. The van der Waals surface area contributed by atoms with Crippen LogP contribution in [0.1, 0.15) is 50.9 Å². The number of amides is 1. The van der Waals surface area contributed by atoms with Crippen LogP contribution in [0.2, 0.25) is 10.0 Å². The highest BCUT2D eigenvalue weighted by Gasteiger charge is 2.24. The van der Waals surface area contributed by atoms with E-state index in [4.69, 9.17) is 23.2 Å². The van der Waals surface area contributed by atoms with E-state index in [2.05, 4.69) is 38.5 Å². The molecular weight excluding hydrogens is 295 g/mol. The Morgan fingerprint density at radius 2 is 1.80 bits per heavy atom. The molecule has 0 radical (unpaired) electrons. The van der Waals surface area contributed by atoms with Gasteiger partial charge in [-0.25, -0.2) is 5.43 Å². The highest BCUT2D eigenvalue weighted by Crippen LogP contribution is 2.25. The van der Waals surface area contributed by atoms with Crippen LogP contribution in [0.3, 0.4) is 0 Å². The molecule has 1 atom stereocenters. The van der Waals surface area contributed by atoms with E-state index in [-0.39, 0.29) is 17.4 Å². The van der Waals surface area contributed by atoms with Gasteiger partial charge < -0.3 is 0 Å². The van der Waals surface area contributed by atoms with Crippen LogP contribution in [-0.2, 0) is 0 Å². The number of hydrogen-bond acceptors (Lipinski definition) is 2. The van der Waals surface area contributed by atoms with Crippen molar-refractivity contribution < 1.29 is 4.79 Å². The minimum atomic E-state index is -0.314. The zero-order chi connectivity index (χ0) is 15.3. The maximum absolute atomic E-state index is 12.2. The van der Waals surface area contributed by atoms with E-state index in [9.17, 15) is 4.79 Å². The van der Waals surface area contributed by atoms with Gasteiger partial charge in [-0.05, 0) is 24.0 Å². The van der Waals surface area contributed by atoms with Crippen LogP contribution < -0.4 is 10.9 Å². The fourth-order valence-electron chi connectivity index (χ4n) is 1.94. The Labute approximate surface area is 131 Å². The first-order valence-electron chi connectivity index (χ1n) is 6.77. The van der Waals surface area contributed by atoms with Crippen LogP contribution >= 0.6 is 23.2 Å². The van der Waals surface area contributed by atoms with Gasteiger partial charge in [0, 0.05) is 6.04 Å². The first-order valence-corrected chi connectivity index (χ1v) is 7.52. The number of nitrogens with one attached hydrogen (secondary N) is 2. The summed E-state index contributed by atoms with van der Waals surface area (Å²) >= 11 is 12.0. The Balaban J connectivity index is 2.76. The van der Waals surface area contributed by atoms with Crippen molar-refractivity contribution in [1.29, 1.82) is 0 Å². The molecule has 20 heavy (non-hydrogen) atoms. The Kier molecular flexibility index (Phi) is 6.31. The summed E-state index contributed by atoms with van der Waals surface area (Å²) in [5.74, 6) is -0.314. The second-order valence-electron chi connectivity index (χ2n) is 5.90. The average Bonchev–Trinajstić information content (AvgIpc) is 2.32. The van der Waals surface area contributed by atoms with Gasteiger partial charge in [0.1, 0.15) is 0 Å². The molecule has 112 valence electrons. The van der Waals surface area contributed by atoms with E-state index in [0.29, 0.717) is 15.6 Å². The molecular formula is C15H22Cl2N2O. The van der Waals surface area contributed by atoms with Crippen LogP contribution in [0.4, 0.5) is 0 Å². The van der Waals surface area contributed by atoms with Crippen LogP contribution in [0.5, 0.6) is 0 Å². The van der Waals surface area contributed by atoms with Crippen LogP contribution in [0.25, 0.3) is 0 Å². The Morgan fingerprint density at radius 3 is 2.25 bits per heavy atom. The summed E-state index contributed by atoms with van der Waals surface area (Å²) in [5.41, 5.74) is 6.16. The molecule has 0 aliphatic carbocycles. The minimum Gasteiger partial charge on any atom is -0.287 e. The molecule has 0 bridgehead atoms. The van der Waals surface area contributed by atoms with Crippen molar-refractivity contribution in [3.05, 3.63) is 33.8 Å². The van der Waals surface area contributed by atoms with Crippen LogP contribution in [-0.4, -0.2) is 11.9 Å². The second kappa shape index (κ2) is 7.30. The van der Waals surface area contributed by atoms with Crippen molar-refractivity contribution in [3.8, 4) is 0 Å². The molecule has 0 fully saturated rings. The van der Waals surface area contributed by atoms with Crippen molar-refractivity contribution in [2.24, 2.45) is 5.41 Å². The van der Waals surface area contributed by atoms with Crippen molar-refractivity contribution in [2.45, 2.75) is 46.6 Å². The first kappa shape index (κ1) is 17.3. The van der Waals surface area contributed by atoms with Gasteiger partial charge in [0.15, 0.2) is 0 Å². The zero-order valence-corrected chi connectivity index (χ0v) is 13.9. The number of hydrazine groups is 1. The topological polar surface area (TPSA) is 41.1 Å². The summed E-state index contributed by atoms with van der Waals surface area (Å²) in [7, 11) is 0. The van der Waals surface area contributed by atoms with Gasteiger partial charge in [0.2, 0.25) is 0 Å². The largest absolute Gasteiger partial charge is 0.287 e. The molecule has 1 unspecified atom stereocenters. The van der Waals surface area contributed by atoms with Gasteiger partial charge >= 0.3 is 0 Å². The van der Waals surface area contributed by atoms with Gasteiger partial charge in [0.05, 0.1) is 15.6 Å². The number of hydrogen-bond donors (Lipinski definition) is 2. The van der Waals surface area contributed by atoms with Gasteiger partial charge in [-0.2, -0.15) is 0 Å². The number of benzene rings is 1. The lowest BCUT2D eigenvalue weighted by Gasteiger charge is -2.31. The van der Waals surface area contributed by atoms with Gasteiger partial charge in [-0.15, -0.1) is 0 Å². The molecule has 0 saturated carbocycles. The molecule has 0 aliphatic rings. The summed E-state index contributed by atoms with van der Waals surface area (Å²) in [4.78, 5) is 12.2. The molecule has 2 N–H and O–H groups in total. The highest BCUT2D eigenvalue weighted by molar-refractivity contribution is 6.39. The molecule has 3 nitrogen and oxygen atoms in total. The van der Waals surface area contributed by atoms with Gasteiger partial charge in [-0.3, -0.25) is 10.2 Å². The average molecular weight is 317 g/mol. The molecule has 0 heterocycles. The molecule has 1 rings (SSSR count). The predicted molar refractivity (Wildman–Crippen MR) is 85.2 cm³/mol. The van der Waals surface area contributed by atoms with Crippen molar-refractivity contribution in [1.82, 2.24) is 10.9 Å². The smallest absolute Gasteiger partial charge is 0.268 e. The Morgan fingerprint density at radius 1 is 1.25 bits per heavy atom. The summed E-state index contributed by atoms with van der Waals surface area (Å²) in [6, 6.07) is 5.19. The normalized spacial score (nSPS) is 13.1. The summed E-state index contributed by atoms with van der Waals surface area (Å²) < 4.78 is 0. The maximum atomic E-state index is 12.2. The molecule has 0 aromatic heterocycles. The van der Waals surface area contributed by atoms with Crippen LogP contribution in [0, 0.1) is 5.41 Å². The molecule has 0 saturated heterocycles. The van der Waals surface area contributed by atoms with Crippen molar-refractivity contribution >= 4 is 29.1 Å². The molecule has 0 spiro atoms. The standard InChI is InChI=1S/C15H22Cl2N2O/c1-5-7-12(15(2,3)4)18-19-14(20)13-10(16)8-6-9-11(13)17/h6,8-9,12,18H,5,7H2,1-4H3,(H,19,20). The van der Waals surface area contributed by atoms with Crippen LogP contribution in [0.15, 0.2) is 18.2 Å². The van der Waals surface area contributed by atoms with Crippen molar-refractivity contribution in [2.75, 3.05) is 0 Å². The third-order valence-corrected chi connectivity index (χ3v) is 3.80. The lowest BCUT2D eigenvalue weighted by atomic mass is 9.84. The summed E-state index contributed by atoms with van der Waals surface area (Å²) in [5, 5.41) is 0.694. The molecule has 1 amide bonds. The predicted octanol–water partition coefficient (Wildman–Crippen LogP) is 4.44. The number of halogens is 2. The molecule has 0 aliphatic heterocycles. The summed E-state index contributed by atoms with van der Waals surface area (Å²) in [6.07, 6.45) is 2.01. The van der Waals surface area contributed by atoms with E-state index in [1.54, 1.807) is 18.2 Å². The monoisotopic (exact) mass is 316 g/mol. The Bertz CT molecular complexity index is 449. The van der Waals surface area contributed by atoms with E-state index in [1.807, 2.05) is 0 Å². The lowest BCUT2D eigenvalue weighted by molar-refractivity contribution is 0.0904. The van der Waals surface area contributed by atoms with E-state index in [1.165, 1.54) is 0 Å². The fraction of sp³-hybridized carbons (Fsp3) is 0.533. The van der Waals surface area contributed by atoms with E-state index >= 15 is 0 Å². The minimum absolute atomic E-state index is 0.0492. The quantitative estimate of drug-likeness (QED) is 0.788. The van der Waals surface area contributed by atoms with Gasteiger partial charge in [0.25, 0.3) is 5.91 Å². The zero-order valence-electron chi connectivity index (χ0n) is 12.4. The van der Waals surface area contributed by atoms with E-state index in [0.717, 1.165) is 12.8 Å². The number of carbonyl (C=O) groups excluding carboxylic acids is 1. The molecule has 1 aromatic carbocycles. The first-order chi connectivity index (χ1) is 9.27. The fourth-order valence-corrected chi connectivity index (χ4v) is 2.51. The molecule has 1 aromatic rings. The number of carbonyl (C=O) groups is 1. The van der Waals surface area contributed by atoms with E-state index < -0.39 is 0 Å². The number of rotatable bonds is 5.